The highest BCUT2D eigenvalue weighted by molar-refractivity contribution is 7.97. The van der Waals surface area contributed by atoms with Crippen molar-refractivity contribution in [1.82, 2.24) is 5.32 Å². The second kappa shape index (κ2) is 6.15. The third-order valence-electron chi connectivity index (χ3n) is 4.12. The zero-order valence-corrected chi connectivity index (χ0v) is 14.4. The molecule has 1 fully saturated rings. The van der Waals surface area contributed by atoms with E-state index in [1.165, 1.54) is 19.3 Å². The Morgan fingerprint density at radius 1 is 1.15 bits per heavy atom. The molecule has 1 aromatic rings. The van der Waals surface area contributed by atoms with Crippen LogP contribution >= 0.6 is 11.8 Å². The van der Waals surface area contributed by atoms with Crippen molar-refractivity contribution in [2.75, 3.05) is 6.26 Å². The lowest BCUT2D eigenvalue weighted by Crippen LogP contribution is -2.43. The van der Waals surface area contributed by atoms with E-state index in [-0.39, 0.29) is 0 Å². The van der Waals surface area contributed by atoms with Crippen molar-refractivity contribution in [2.24, 2.45) is 10.8 Å². The highest BCUT2D eigenvalue weighted by Gasteiger charge is 2.38. The summed E-state index contributed by atoms with van der Waals surface area (Å²) in [6.45, 7) is 10.4. The zero-order chi connectivity index (χ0) is 14.8. The maximum atomic E-state index is 5.84. The molecule has 1 aliphatic carbocycles. The van der Waals surface area contributed by atoms with Crippen molar-refractivity contribution >= 4 is 11.8 Å². The van der Waals surface area contributed by atoms with Crippen molar-refractivity contribution < 1.29 is 4.42 Å². The van der Waals surface area contributed by atoms with Gasteiger partial charge in [-0.05, 0) is 48.5 Å². The number of rotatable bonds is 5. The number of hydrogen-bond donors (Lipinski definition) is 1. The smallest absolute Gasteiger partial charge is 0.118 e. The maximum Gasteiger partial charge on any atom is 0.118 e. The topological polar surface area (TPSA) is 25.2 Å². The van der Waals surface area contributed by atoms with Crippen LogP contribution in [-0.2, 0) is 12.3 Å². The van der Waals surface area contributed by atoms with E-state index in [0.29, 0.717) is 16.9 Å². The van der Waals surface area contributed by atoms with E-state index in [1.807, 2.05) is 0 Å². The highest BCUT2D eigenvalue weighted by atomic mass is 32.2. The van der Waals surface area contributed by atoms with E-state index in [0.717, 1.165) is 23.8 Å². The Bertz CT molecular complexity index is 420. The molecule has 114 valence electrons. The van der Waals surface area contributed by atoms with Crippen molar-refractivity contribution in [3.05, 3.63) is 23.7 Å². The molecule has 0 atom stereocenters. The van der Waals surface area contributed by atoms with Gasteiger partial charge in [0.05, 0.1) is 12.3 Å². The molecular weight excluding hydrogens is 266 g/mol. The predicted molar refractivity (Wildman–Crippen MR) is 88.0 cm³/mol. The van der Waals surface area contributed by atoms with Gasteiger partial charge in [0.25, 0.3) is 0 Å². The van der Waals surface area contributed by atoms with Crippen LogP contribution in [0.4, 0.5) is 0 Å². The Morgan fingerprint density at radius 3 is 2.35 bits per heavy atom. The van der Waals surface area contributed by atoms with Gasteiger partial charge >= 0.3 is 0 Å². The Hall–Kier alpha value is -0.410. The predicted octanol–water partition coefficient (Wildman–Crippen LogP) is 4.84. The summed E-state index contributed by atoms with van der Waals surface area (Å²) >= 11 is 1.80. The van der Waals surface area contributed by atoms with E-state index in [4.69, 9.17) is 4.42 Å². The van der Waals surface area contributed by atoms with Gasteiger partial charge < -0.3 is 9.73 Å². The molecule has 20 heavy (non-hydrogen) atoms. The van der Waals surface area contributed by atoms with Gasteiger partial charge in [-0.25, -0.2) is 0 Å². The molecule has 1 aromatic heterocycles. The second-order valence-electron chi connectivity index (χ2n) is 7.79. The fourth-order valence-corrected chi connectivity index (χ4v) is 4.41. The van der Waals surface area contributed by atoms with Crippen molar-refractivity contribution in [1.29, 1.82) is 0 Å². The summed E-state index contributed by atoms with van der Waals surface area (Å²) in [7, 11) is 0. The van der Waals surface area contributed by atoms with Gasteiger partial charge in [-0.1, -0.05) is 27.7 Å². The van der Waals surface area contributed by atoms with Gasteiger partial charge in [0.15, 0.2) is 0 Å². The number of furan rings is 1. The average molecular weight is 295 g/mol. The Morgan fingerprint density at radius 2 is 1.75 bits per heavy atom. The lowest BCUT2D eigenvalue weighted by molar-refractivity contribution is 0.0836. The molecule has 1 saturated carbocycles. The third-order valence-corrected chi connectivity index (χ3v) is 4.70. The van der Waals surface area contributed by atoms with Crippen LogP contribution in [0.1, 0.15) is 58.5 Å². The molecule has 2 nitrogen and oxygen atoms in total. The molecule has 0 saturated heterocycles. The van der Waals surface area contributed by atoms with Gasteiger partial charge in [0.2, 0.25) is 0 Å². The van der Waals surface area contributed by atoms with Crippen LogP contribution in [0.2, 0.25) is 0 Å². The first-order chi connectivity index (χ1) is 9.30. The summed E-state index contributed by atoms with van der Waals surface area (Å²) in [6, 6.07) is 4.81. The lowest BCUT2D eigenvalue weighted by atomic mass is 9.63. The Balaban J connectivity index is 1.89. The summed E-state index contributed by atoms with van der Waals surface area (Å²) in [5.41, 5.74) is 0.874. The number of hydrogen-bond acceptors (Lipinski definition) is 3. The van der Waals surface area contributed by atoms with E-state index < -0.39 is 0 Å². The maximum absolute atomic E-state index is 5.84. The van der Waals surface area contributed by atoms with Gasteiger partial charge in [-0.15, -0.1) is 0 Å². The molecule has 0 bridgehead atoms. The van der Waals surface area contributed by atoms with E-state index >= 15 is 0 Å². The van der Waals surface area contributed by atoms with E-state index in [1.54, 1.807) is 11.8 Å². The van der Waals surface area contributed by atoms with Crippen LogP contribution < -0.4 is 5.32 Å². The van der Waals surface area contributed by atoms with E-state index in [2.05, 4.69) is 51.4 Å². The molecule has 1 N–H and O–H groups in total. The van der Waals surface area contributed by atoms with Gasteiger partial charge in [0, 0.05) is 6.04 Å². The third kappa shape index (κ3) is 4.56. The molecule has 0 aromatic carbocycles. The molecule has 1 aliphatic rings. The Labute approximate surface area is 128 Å². The van der Waals surface area contributed by atoms with Gasteiger partial charge in [0.1, 0.15) is 11.5 Å². The van der Waals surface area contributed by atoms with E-state index in [9.17, 15) is 0 Å². The molecule has 0 unspecified atom stereocenters. The fourth-order valence-electron chi connectivity index (χ4n) is 3.97. The van der Waals surface area contributed by atoms with Gasteiger partial charge in [-0.3, -0.25) is 0 Å². The normalized spacial score (nSPS) is 22.1. The summed E-state index contributed by atoms with van der Waals surface area (Å²) in [5, 5.41) is 3.70. The van der Waals surface area contributed by atoms with Crippen LogP contribution in [0.25, 0.3) is 0 Å². The first-order valence-corrected chi connectivity index (χ1v) is 8.99. The van der Waals surface area contributed by atoms with Crippen molar-refractivity contribution in [2.45, 2.75) is 65.3 Å². The minimum absolute atomic E-state index is 0.437. The summed E-state index contributed by atoms with van der Waals surface area (Å²) in [6.07, 6.45) is 5.94. The molecule has 0 spiro atoms. The van der Waals surface area contributed by atoms with Crippen LogP contribution in [0.5, 0.6) is 0 Å². The highest BCUT2D eigenvalue weighted by Crippen LogP contribution is 2.45. The summed E-state index contributed by atoms with van der Waals surface area (Å²) in [5.74, 6) is 3.11. The lowest BCUT2D eigenvalue weighted by Gasteiger charge is -2.45. The summed E-state index contributed by atoms with van der Waals surface area (Å²) < 4.78 is 5.84. The minimum atomic E-state index is 0.437. The summed E-state index contributed by atoms with van der Waals surface area (Å²) in [4.78, 5) is 0. The van der Waals surface area contributed by atoms with Gasteiger partial charge in [-0.2, -0.15) is 11.8 Å². The molecular formula is C17H29NOS. The molecule has 1 heterocycles. The Kier molecular flexibility index (Phi) is 4.91. The monoisotopic (exact) mass is 295 g/mol. The molecule has 0 aliphatic heterocycles. The largest absolute Gasteiger partial charge is 0.464 e. The molecule has 0 amide bonds. The molecule has 2 rings (SSSR count). The van der Waals surface area contributed by atoms with Crippen LogP contribution in [0.15, 0.2) is 16.5 Å². The number of thioether (sulfide) groups is 1. The second-order valence-corrected chi connectivity index (χ2v) is 8.66. The van der Waals surface area contributed by atoms with Crippen molar-refractivity contribution in [3.8, 4) is 0 Å². The molecule has 3 heteroatoms. The molecule has 0 radical (unpaired) electrons. The minimum Gasteiger partial charge on any atom is -0.464 e. The first kappa shape index (κ1) is 16.0. The fraction of sp³-hybridized carbons (Fsp3) is 0.765. The average Bonchev–Trinajstić information content (AvgIpc) is 2.70. The van der Waals surface area contributed by atoms with Crippen molar-refractivity contribution in [3.63, 3.8) is 0 Å². The van der Waals surface area contributed by atoms with Crippen LogP contribution in [-0.4, -0.2) is 12.3 Å². The zero-order valence-electron chi connectivity index (χ0n) is 13.6. The first-order valence-electron chi connectivity index (χ1n) is 7.60. The number of nitrogens with one attached hydrogen (secondary N) is 1. The van der Waals surface area contributed by atoms with Crippen LogP contribution in [0, 0.1) is 10.8 Å². The van der Waals surface area contributed by atoms with Crippen LogP contribution in [0.3, 0.4) is 0 Å². The SMILES string of the molecule is CSCc1ccc(CNC2CC(C)(C)CC(C)(C)C2)o1. The quantitative estimate of drug-likeness (QED) is 0.841. The standard InChI is InChI=1S/C17H29NOS/c1-16(2)8-13(9-17(3,4)12-16)18-10-14-6-7-15(19-14)11-20-5/h6-7,13,18H,8-12H2,1-5H3.